The van der Waals surface area contributed by atoms with E-state index in [1.165, 1.54) is 37.4 Å². The molecule has 0 fully saturated rings. The summed E-state index contributed by atoms with van der Waals surface area (Å²) in [6.07, 6.45) is 0. The van der Waals surface area contributed by atoms with Crippen molar-refractivity contribution in [2.45, 2.75) is 19.9 Å². The Morgan fingerprint density at radius 2 is 1.79 bits per heavy atom. The van der Waals surface area contributed by atoms with Gasteiger partial charge in [0.25, 0.3) is 11.8 Å². The molecule has 0 radical (unpaired) electrons. The Morgan fingerprint density at radius 3 is 2.43 bits per heavy atom. The van der Waals surface area contributed by atoms with Gasteiger partial charge in [0.2, 0.25) is 0 Å². The predicted molar refractivity (Wildman–Crippen MR) is 103 cm³/mol. The van der Waals surface area contributed by atoms with E-state index in [0.29, 0.717) is 17.2 Å². The van der Waals surface area contributed by atoms with Crippen molar-refractivity contribution >= 4 is 23.5 Å². The lowest BCUT2D eigenvalue weighted by molar-refractivity contribution is -0.123. The monoisotopic (exact) mass is 386 g/mol. The molecule has 0 bridgehead atoms. The van der Waals surface area contributed by atoms with E-state index in [0.717, 1.165) is 0 Å². The molecule has 3 N–H and O–H groups in total. The molecular formula is C20H22N2O6. The van der Waals surface area contributed by atoms with Crippen LogP contribution in [0.5, 0.6) is 11.5 Å². The van der Waals surface area contributed by atoms with E-state index in [1.807, 2.05) is 13.8 Å². The molecule has 0 saturated carbocycles. The van der Waals surface area contributed by atoms with E-state index in [-0.39, 0.29) is 29.7 Å². The minimum atomic E-state index is -1.08. The summed E-state index contributed by atoms with van der Waals surface area (Å²) in [6, 6.07) is 10.5. The van der Waals surface area contributed by atoms with Crippen molar-refractivity contribution in [3.63, 3.8) is 0 Å². The maximum atomic E-state index is 12.4. The Kier molecular flexibility index (Phi) is 6.97. The molecule has 8 nitrogen and oxygen atoms in total. The number of aromatic carboxylic acids is 1. The van der Waals surface area contributed by atoms with E-state index in [1.54, 1.807) is 12.1 Å². The smallest absolute Gasteiger partial charge is 0.335 e. The first kappa shape index (κ1) is 20.8. The Labute approximate surface area is 162 Å². The highest BCUT2D eigenvalue weighted by atomic mass is 16.5. The average molecular weight is 386 g/mol. The molecule has 0 aliphatic carbocycles. The fourth-order valence-corrected chi connectivity index (χ4v) is 2.37. The molecule has 2 rings (SSSR count). The summed E-state index contributed by atoms with van der Waals surface area (Å²) in [5.41, 5.74) is 0.713. The highest BCUT2D eigenvalue weighted by molar-refractivity contribution is 6.05. The summed E-state index contributed by atoms with van der Waals surface area (Å²) in [5, 5.41) is 14.4. The van der Waals surface area contributed by atoms with Crippen LogP contribution >= 0.6 is 0 Å². The predicted octanol–water partition coefficient (Wildman–Crippen LogP) is 2.55. The van der Waals surface area contributed by atoms with Crippen LogP contribution < -0.4 is 20.1 Å². The number of methoxy groups -OCH3 is 1. The third-order valence-electron chi connectivity index (χ3n) is 3.60. The van der Waals surface area contributed by atoms with Crippen molar-refractivity contribution in [3.05, 3.63) is 53.6 Å². The molecule has 2 amide bonds. The molecule has 2 aromatic rings. The van der Waals surface area contributed by atoms with Crippen LogP contribution in [0.25, 0.3) is 0 Å². The van der Waals surface area contributed by atoms with Gasteiger partial charge in [-0.3, -0.25) is 9.59 Å². The summed E-state index contributed by atoms with van der Waals surface area (Å²) < 4.78 is 10.7. The van der Waals surface area contributed by atoms with Gasteiger partial charge in [0.1, 0.15) is 0 Å². The van der Waals surface area contributed by atoms with Crippen molar-refractivity contribution < 1.29 is 29.0 Å². The number of amides is 2. The first-order chi connectivity index (χ1) is 13.3. The second-order valence-electron chi connectivity index (χ2n) is 6.22. The van der Waals surface area contributed by atoms with Crippen molar-refractivity contribution in [1.29, 1.82) is 0 Å². The summed E-state index contributed by atoms with van der Waals surface area (Å²) in [4.78, 5) is 35.2. The van der Waals surface area contributed by atoms with Gasteiger partial charge in [-0.05, 0) is 50.2 Å². The van der Waals surface area contributed by atoms with E-state index >= 15 is 0 Å². The normalized spacial score (nSPS) is 10.3. The highest BCUT2D eigenvalue weighted by Crippen LogP contribution is 2.28. The SMILES string of the molecule is COc1cc(C(=O)Nc2cccc(C(=O)O)c2)ccc1OCC(=O)NC(C)C. The molecule has 0 atom stereocenters. The molecule has 0 unspecified atom stereocenters. The number of nitrogens with one attached hydrogen (secondary N) is 2. The van der Waals surface area contributed by atoms with Crippen LogP contribution in [0, 0.1) is 0 Å². The van der Waals surface area contributed by atoms with E-state index < -0.39 is 11.9 Å². The van der Waals surface area contributed by atoms with Crippen LogP contribution in [-0.4, -0.2) is 42.6 Å². The summed E-state index contributed by atoms with van der Waals surface area (Å²) >= 11 is 0. The van der Waals surface area contributed by atoms with Crippen LogP contribution in [0.3, 0.4) is 0 Å². The number of carbonyl (C=O) groups is 3. The third kappa shape index (κ3) is 5.73. The molecule has 2 aromatic carbocycles. The minimum absolute atomic E-state index is 0.00342. The molecule has 0 aliphatic rings. The largest absolute Gasteiger partial charge is 0.493 e. The maximum absolute atomic E-state index is 12.4. The molecule has 0 spiro atoms. The average Bonchev–Trinajstić information content (AvgIpc) is 2.65. The van der Waals surface area contributed by atoms with Crippen LogP contribution in [0.15, 0.2) is 42.5 Å². The van der Waals surface area contributed by atoms with Gasteiger partial charge >= 0.3 is 5.97 Å². The number of anilines is 1. The zero-order valence-electron chi connectivity index (χ0n) is 15.8. The zero-order chi connectivity index (χ0) is 20.7. The standard InChI is InChI=1S/C20H22N2O6/c1-12(2)21-18(23)11-28-16-8-7-13(10-17(16)27-3)19(24)22-15-6-4-5-14(9-15)20(25)26/h4-10,12H,11H2,1-3H3,(H,21,23)(H,22,24)(H,25,26). The Bertz CT molecular complexity index is 879. The van der Waals surface area contributed by atoms with E-state index in [9.17, 15) is 14.4 Å². The van der Waals surface area contributed by atoms with Gasteiger partial charge in [-0.25, -0.2) is 4.79 Å². The van der Waals surface area contributed by atoms with Crippen molar-refractivity contribution in [1.82, 2.24) is 5.32 Å². The Hall–Kier alpha value is -3.55. The van der Waals surface area contributed by atoms with Crippen LogP contribution in [-0.2, 0) is 4.79 Å². The van der Waals surface area contributed by atoms with Gasteiger partial charge in [0.05, 0.1) is 12.7 Å². The number of carboxylic acids is 1. The van der Waals surface area contributed by atoms with Crippen molar-refractivity contribution in [2.24, 2.45) is 0 Å². The fourth-order valence-electron chi connectivity index (χ4n) is 2.37. The highest BCUT2D eigenvalue weighted by Gasteiger charge is 2.14. The van der Waals surface area contributed by atoms with Crippen LogP contribution in [0.1, 0.15) is 34.6 Å². The first-order valence-electron chi connectivity index (χ1n) is 8.55. The lowest BCUT2D eigenvalue weighted by atomic mass is 10.1. The summed E-state index contributed by atoms with van der Waals surface area (Å²) in [7, 11) is 1.42. The Morgan fingerprint density at radius 1 is 1.04 bits per heavy atom. The minimum Gasteiger partial charge on any atom is -0.493 e. The molecule has 0 saturated heterocycles. The van der Waals surface area contributed by atoms with Crippen molar-refractivity contribution in [3.8, 4) is 11.5 Å². The number of carbonyl (C=O) groups excluding carboxylic acids is 2. The molecule has 148 valence electrons. The quantitative estimate of drug-likeness (QED) is 0.642. The van der Waals surface area contributed by atoms with Crippen LogP contribution in [0.4, 0.5) is 5.69 Å². The van der Waals surface area contributed by atoms with E-state index in [2.05, 4.69) is 10.6 Å². The molecule has 28 heavy (non-hydrogen) atoms. The fraction of sp³-hybridized carbons (Fsp3) is 0.250. The van der Waals surface area contributed by atoms with Gasteiger partial charge in [0, 0.05) is 17.3 Å². The number of hydrogen-bond acceptors (Lipinski definition) is 5. The molecule has 0 aromatic heterocycles. The van der Waals surface area contributed by atoms with Gasteiger partial charge in [-0.1, -0.05) is 6.07 Å². The van der Waals surface area contributed by atoms with Crippen LogP contribution in [0.2, 0.25) is 0 Å². The maximum Gasteiger partial charge on any atom is 0.335 e. The zero-order valence-corrected chi connectivity index (χ0v) is 15.8. The molecule has 0 heterocycles. The summed E-state index contributed by atoms with van der Waals surface area (Å²) in [5.74, 6) is -1.17. The second-order valence-corrected chi connectivity index (χ2v) is 6.22. The lowest BCUT2D eigenvalue weighted by Crippen LogP contribution is -2.34. The number of carboxylic acid groups (broad SMARTS) is 1. The second kappa shape index (κ2) is 9.40. The van der Waals surface area contributed by atoms with E-state index in [4.69, 9.17) is 14.6 Å². The number of benzene rings is 2. The topological polar surface area (TPSA) is 114 Å². The molecule has 8 heteroatoms. The van der Waals surface area contributed by atoms with Gasteiger partial charge in [0.15, 0.2) is 18.1 Å². The first-order valence-corrected chi connectivity index (χ1v) is 8.55. The number of rotatable bonds is 8. The van der Waals surface area contributed by atoms with Gasteiger partial charge in [-0.15, -0.1) is 0 Å². The van der Waals surface area contributed by atoms with Crippen molar-refractivity contribution in [2.75, 3.05) is 19.0 Å². The van der Waals surface area contributed by atoms with Gasteiger partial charge in [-0.2, -0.15) is 0 Å². The lowest BCUT2D eigenvalue weighted by Gasteiger charge is -2.13. The third-order valence-corrected chi connectivity index (χ3v) is 3.60. The Balaban J connectivity index is 2.09. The number of hydrogen-bond donors (Lipinski definition) is 3. The summed E-state index contributed by atoms with van der Waals surface area (Å²) in [6.45, 7) is 3.51. The number of ether oxygens (including phenoxy) is 2. The molecule has 0 aliphatic heterocycles. The molecular weight excluding hydrogens is 364 g/mol. The van der Waals surface area contributed by atoms with Gasteiger partial charge < -0.3 is 25.2 Å².